The van der Waals surface area contributed by atoms with Gasteiger partial charge in [-0.05, 0) is 25.1 Å². The highest BCUT2D eigenvalue weighted by Gasteiger charge is 2.24. The first kappa shape index (κ1) is 13.5. The van der Waals surface area contributed by atoms with E-state index in [2.05, 4.69) is 20.9 Å². The number of nitrogens with zero attached hydrogens (tertiary/aromatic N) is 2. The van der Waals surface area contributed by atoms with Crippen LogP contribution in [0.4, 0.5) is 5.69 Å². The monoisotopic (exact) mass is 346 g/mol. The van der Waals surface area contributed by atoms with Crippen LogP contribution in [0.3, 0.4) is 0 Å². The van der Waals surface area contributed by atoms with Crippen molar-refractivity contribution in [3.05, 3.63) is 40.4 Å². The Morgan fingerprint density at radius 1 is 1.44 bits per heavy atom. The molecule has 0 spiro atoms. The number of rotatable bonds is 4. The molecule has 0 saturated carbocycles. The van der Waals surface area contributed by atoms with Gasteiger partial charge in [0, 0.05) is 11.0 Å². The summed E-state index contributed by atoms with van der Waals surface area (Å²) in [5.41, 5.74) is 2.15. The summed E-state index contributed by atoms with van der Waals surface area (Å²) >= 11 is 4.46. The van der Waals surface area contributed by atoms with Gasteiger partial charge in [-0.3, -0.25) is 9.29 Å². The molecular formula is C11H11BrN2O2S2. The van der Waals surface area contributed by atoms with Gasteiger partial charge in [-0.2, -0.15) is 0 Å². The Morgan fingerprint density at radius 2 is 2.22 bits per heavy atom. The van der Waals surface area contributed by atoms with Crippen LogP contribution < -0.4 is 4.31 Å². The number of sulfonamides is 1. The van der Waals surface area contributed by atoms with E-state index >= 15 is 0 Å². The van der Waals surface area contributed by atoms with Crippen LogP contribution in [0.2, 0.25) is 0 Å². The van der Waals surface area contributed by atoms with Crippen LogP contribution in [-0.4, -0.2) is 19.9 Å². The topological polar surface area (TPSA) is 50.3 Å². The summed E-state index contributed by atoms with van der Waals surface area (Å²) in [5, 5.41) is 0. The van der Waals surface area contributed by atoms with Gasteiger partial charge < -0.3 is 0 Å². The SMILES string of the molecule is CCN(c1cccc(Br)c1)S(=O)(=O)c1cncs1. The molecule has 0 atom stereocenters. The van der Waals surface area contributed by atoms with Crippen LogP contribution in [0.25, 0.3) is 0 Å². The summed E-state index contributed by atoms with van der Waals surface area (Å²) in [6.07, 6.45) is 1.38. The van der Waals surface area contributed by atoms with Gasteiger partial charge in [0.2, 0.25) is 0 Å². The minimum absolute atomic E-state index is 0.254. The van der Waals surface area contributed by atoms with Crippen LogP contribution in [0.1, 0.15) is 6.92 Å². The van der Waals surface area contributed by atoms with Gasteiger partial charge in [0.05, 0.1) is 17.4 Å². The van der Waals surface area contributed by atoms with Crippen molar-refractivity contribution in [2.24, 2.45) is 0 Å². The second-order valence-corrected chi connectivity index (χ2v) is 7.36. The van der Waals surface area contributed by atoms with Crippen LogP contribution in [0.5, 0.6) is 0 Å². The van der Waals surface area contributed by atoms with Crippen LogP contribution in [0, 0.1) is 0 Å². The molecule has 1 heterocycles. The third-order valence-electron chi connectivity index (χ3n) is 2.34. The average Bonchev–Trinajstić information content (AvgIpc) is 2.83. The molecule has 2 rings (SSSR count). The fraction of sp³-hybridized carbons (Fsp3) is 0.182. The minimum atomic E-state index is -3.51. The molecule has 1 aromatic heterocycles. The molecule has 2 aromatic rings. The molecule has 0 unspecified atom stereocenters. The van der Waals surface area contributed by atoms with Crippen molar-refractivity contribution < 1.29 is 8.42 Å². The molecule has 0 aliphatic rings. The predicted molar refractivity (Wildman–Crippen MR) is 76.5 cm³/mol. The van der Waals surface area contributed by atoms with E-state index in [-0.39, 0.29) is 4.21 Å². The standard InChI is InChI=1S/C11H11BrN2O2S2/c1-2-14(10-5-3-4-9(12)6-10)18(15,16)11-7-13-8-17-11/h3-8H,2H2,1H3. The molecule has 0 N–H and O–H groups in total. The third kappa shape index (κ3) is 2.57. The summed E-state index contributed by atoms with van der Waals surface area (Å²) in [4.78, 5) is 3.82. The van der Waals surface area contributed by atoms with Gasteiger partial charge in [-0.25, -0.2) is 8.42 Å². The van der Waals surface area contributed by atoms with E-state index in [1.165, 1.54) is 16.0 Å². The molecule has 0 saturated heterocycles. The van der Waals surface area contributed by atoms with E-state index in [4.69, 9.17) is 0 Å². The van der Waals surface area contributed by atoms with E-state index in [9.17, 15) is 8.42 Å². The van der Waals surface area contributed by atoms with Crippen molar-refractivity contribution in [1.29, 1.82) is 0 Å². The molecule has 0 aliphatic heterocycles. The Labute approximate surface area is 118 Å². The number of aromatic nitrogens is 1. The Hall–Kier alpha value is -0.920. The molecule has 0 bridgehead atoms. The van der Waals surface area contributed by atoms with E-state index in [1.54, 1.807) is 19.1 Å². The van der Waals surface area contributed by atoms with Crippen molar-refractivity contribution in [1.82, 2.24) is 4.98 Å². The van der Waals surface area contributed by atoms with Crippen LogP contribution in [0.15, 0.2) is 44.7 Å². The zero-order valence-corrected chi connectivity index (χ0v) is 12.8. The molecule has 0 fully saturated rings. The quantitative estimate of drug-likeness (QED) is 0.854. The summed E-state index contributed by atoms with van der Waals surface area (Å²) in [6, 6.07) is 7.22. The van der Waals surface area contributed by atoms with E-state index in [1.807, 2.05) is 12.1 Å². The second kappa shape index (κ2) is 5.38. The highest BCUT2D eigenvalue weighted by Crippen LogP contribution is 2.27. The Balaban J connectivity index is 2.47. The second-order valence-electron chi connectivity index (χ2n) is 3.47. The van der Waals surface area contributed by atoms with Gasteiger partial charge in [0.15, 0.2) is 4.21 Å². The highest BCUT2D eigenvalue weighted by atomic mass is 79.9. The lowest BCUT2D eigenvalue weighted by Crippen LogP contribution is -2.30. The molecule has 96 valence electrons. The first-order valence-corrected chi connectivity index (χ1v) is 8.33. The van der Waals surface area contributed by atoms with Gasteiger partial charge >= 0.3 is 0 Å². The van der Waals surface area contributed by atoms with E-state index in [0.717, 1.165) is 15.8 Å². The molecule has 0 radical (unpaired) electrons. The lowest BCUT2D eigenvalue weighted by atomic mass is 10.3. The minimum Gasteiger partial charge on any atom is -0.266 e. The number of thiazole rings is 1. The lowest BCUT2D eigenvalue weighted by Gasteiger charge is -2.21. The number of halogens is 1. The van der Waals surface area contributed by atoms with Gasteiger partial charge in [-0.15, -0.1) is 11.3 Å². The van der Waals surface area contributed by atoms with Gasteiger partial charge in [0.25, 0.3) is 10.0 Å². The lowest BCUT2D eigenvalue weighted by molar-refractivity contribution is 0.593. The summed E-state index contributed by atoms with van der Waals surface area (Å²) < 4.78 is 27.3. The number of hydrogen-bond acceptors (Lipinski definition) is 4. The molecule has 1 aromatic carbocycles. The normalized spacial score (nSPS) is 11.4. The Kier molecular flexibility index (Phi) is 4.04. The number of hydrogen-bond donors (Lipinski definition) is 0. The molecule has 18 heavy (non-hydrogen) atoms. The maximum Gasteiger partial charge on any atom is 0.275 e. The molecule has 0 amide bonds. The van der Waals surface area contributed by atoms with Crippen molar-refractivity contribution in [2.75, 3.05) is 10.8 Å². The number of benzene rings is 1. The maximum atomic E-state index is 12.4. The maximum absolute atomic E-state index is 12.4. The average molecular weight is 347 g/mol. The summed E-state index contributed by atoms with van der Waals surface area (Å²) in [5.74, 6) is 0. The first-order valence-electron chi connectivity index (χ1n) is 5.22. The Bertz CT molecular complexity index is 626. The Morgan fingerprint density at radius 3 is 2.78 bits per heavy atom. The fourth-order valence-electron chi connectivity index (χ4n) is 1.56. The summed E-state index contributed by atoms with van der Waals surface area (Å²) in [6.45, 7) is 2.18. The highest BCUT2D eigenvalue weighted by molar-refractivity contribution is 9.10. The van der Waals surface area contributed by atoms with Crippen molar-refractivity contribution in [2.45, 2.75) is 11.1 Å². The molecule has 7 heteroatoms. The summed E-state index contributed by atoms with van der Waals surface area (Å²) in [7, 11) is -3.51. The van der Waals surface area contributed by atoms with Crippen LogP contribution in [-0.2, 0) is 10.0 Å². The molecule has 0 aliphatic carbocycles. The molecular weight excluding hydrogens is 336 g/mol. The van der Waals surface area contributed by atoms with Crippen molar-refractivity contribution in [3.8, 4) is 0 Å². The predicted octanol–water partition coefficient (Wildman–Crippen LogP) is 3.12. The van der Waals surface area contributed by atoms with Crippen molar-refractivity contribution >= 4 is 43.0 Å². The zero-order valence-electron chi connectivity index (χ0n) is 9.58. The van der Waals surface area contributed by atoms with E-state index in [0.29, 0.717) is 12.2 Å². The van der Waals surface area contributed by atoms with Gasteiger partial charge in [-0.1, -0.05) is 22.0 Å². The largest absolute Gasteiger partial charge is 0.275 e. The van der Waals surface area contributed by atoms with Crippen molar-refractivity contribution in [3.63, 3.8) is 0 Å². The zero-order chi connectivity index (χ0) is 13.2. The number of anilines is 1. The van der Waals surface area contributed by atoms with Gasteiger partial charge in [0.1, 0.15) is 0 Å². The smallest absolute Gasteiger partial charge is 0.266 e. The fourth-order valence-corrected chi connectivity index (χ4v) is 4.32. The first-order chi connectivity index (χ1) is 8.55. The third-order valence-corrected chi connectivity index (χ3v) is 5.98. The molecule has 4 nitrogen and oxygen atoms in total. The van der Waals surface area contributed by atoms with E-state index < -0.39 is 10.0 Å². The van der Waals surface area contributed by atoms with Crippen LogP contribution >= 0.6 is 27.3 Å².